The first-order valence-corrected chi connectivity index (χ1v) is 4.80. The van der Waals surface area contributed by atoms with Gasteiger partial charge in [0.05, 0.1) is 5.92 Å². The van der Waals surface area contributed by atoms with Gasteiger partial charge in [-0.15, -0.1) is 0 Å². The maximum absolute atomic E-state index is 12.6. The van der Waals surface area contributed by atoms with E-state index in [-0.39, 0.29) is 5.82 Å². The summed E-state index contributed by atoms with van der Waals surface area (Å²) >= 11 is 0. The van der Waals surface area contributed by atoms with Crippen molar-refractivity contribution in [3.63, 3.8) is 0 Å². The molecule has 1 atom stereocenters. The average Bonchev–Trinajstić information content (AvgIpc) is 2.21. The van der Waals surface area contributed by atoms with Gasteiger partial charge in [-0.2, -0.15) is 0 Å². The minimum Gasteiger partial charge on any atom is -0.481 e. The lowest BCUT2D eigenvalue weighted by molar-refractivity contribution is -0.140. The van der Waals surface area contributed by atoms with E-state index in [2.05, 4.69) is 0 Å². The fourth-order valence-electron chi connectivity index (χ4n) is 1.19. The standard InChI is InChI=1S/C12H13FO2/c1-2-10(12(14)15)6-3-9-4-7-11(13)8-5-9/h3-8,10H,2H2,1H3,(H,14,15)/b6-3+. The lowest BCUT2D eigenvalue weighted by Gasteiger charge is -2.02. The summed E-state index contributed by atoms with van der Waals surface area (Å²) in [5, 5.41) is 8.78. The Morgan fingerprint density at radius 2 is 2.07 bits per heavy atom. The third kappa shape index (κ3) is 3.54. The van der Waals surface area contributed by atoms with Crippen LogP contribution in [-0.2, 0) is 4.79 Å². The molecule has 3 heteroatoms. The molecule has 2 nitrogen and oxygen atoms in total. The van der Waals surface area contributed by atoms with Crippen LogP contribution in [0.4, 0.5) is 4.39 Å². The number of aliphatic carboxylic acids is 1. The molecule has 1 N–H and O–H groups in total. The van der Waals surface area contributed by atoms with E-state index in [0.29, 0.717) is 6.42 Å². The largest absolute Gasteiger partial charge is 0.481 e. The molecule has 0 aliphatic carbocycles. The van der Waals surface area contributed by atoms with Gasteiger partial charge in [-0.25, -0.2) is 4.39 Å². The van der Waals surface area contributed by atoms with Gasteiger partial charge in [0, 0.05) is 0 Å². The monoisotopic (exact) mass is 208 g/mol. The first-order valence-electron chi connectivity index (χ1n) is 4.80. The summed E-state index contributed by atoms with van der Waals surface area (Å²) in [6.45, 7) is 1.81. The van der Waals surface area contributed by atoms with Crippen molar-refractivity contribution in [3.8, 4) is 0 Å². The fourth-order valence-corrected chi connectivity index (χ4v) is 1.19. The molecule has 0 aliphatic heterocycles. The lowest BCUT2D eigenvalue weighted by Crippen LogP contribution is -2.08. The predicted octanol–water partition coefficient (Wildman–Crippen LogP) is 2.95. The van der Waals surface area contributed by atoms with Crippen LogP contribution in [0.5, 0.6) is 0 Å². The van der Waals surface area contributed by atoms with E-state index in [9.17, 15) is 9.18 Å². The Balaban J connectivity index is 2.72. The first kappa shape index (κ1) is 11.4. The Morgan fingerprint density at radius 1 is 1.47 bits per heavy atom. The van der Waals surface area contributed by atoms with Crippen molar-refractivity contribution >= 4 is 12.0 Å². The zero-order chi connectivity index (χ0) is 11.3. The number of carboxylic acid groups (broad SMARTS) is 1. The molecule has 1 rings (SSSR count). The van der Waals surface area contributed by atoms with E-state index in [1.807, 2.05) is 6.92 Å². The lowest BCUT2D eigenvalue weighted by atomic mass is 10.1. The molecule has 1 aromatic rings. The molecule has 15 heavy (non-hydrogen) atoms. The molecule has 0 aromatic heterocycles. The smallest absolute Gasteiger partial charge is 0.310 e. The molecule has 0 spiro atoms. The van der Waals surface area contributed by atoms with Gasteiger partial charge in [0.2, 0.25) is 0 Å². The van der Waals surface area contributed by atoms with Crippen LogP contribution in [-0.4, -0.2) is 11.1 Å². The molecule has 1 unspecified atom stereocenters. The molecule has 0 heterocycles. The third-order valence-corrected chi connectivity index (χ3v) is 2.15. The first-order chi connectivity index (χ1) is 7.13. The zero-order valence-electron chi connectivity index (χ0n) is 8.48. The number of carbonyl (C=O) groups is 1. The van der Waals surface area contributed by atoms with Crippen LogP contribution in [0, 0.1) is 11.7 Å². The van der Waals surface area contributed by atoms with Crippen molar-refractivity contribution in [2.75, 3.05) is 0 Å². The van der Waals surface area contributed by atoms with Crippen LogP contribution < -0.4 is 0 Å². The van der Waals surface area contributed by atoms with Crippen molar-refractivity contribution in [3.05, 3.63) is 41.7 Å². The third-order valence-electron chi connectivity index (χ3n) is 2.15. The SMILES string of the molecule is CCC(/C=C/c1ccc(F)cc1)C(=O)O. The van der Waals surface area contributed by atoms with Gasteiger partial charge in [-0.05, 0) is 24.1 Å². The molecule has 0 aliphatic rings. The Bertz CT molecular complexity index is 354. The van der Waals surface area contributed by atoms with Crippen LogP contribution in [0.15, 0.2) is 30.3 Å². The predicted molar refractivity (Wildman–Crippen MR) is 56.9 cm³/mol. The van der Waals surface area contributed by atoms with Gasteiger partial charge in [-0.3, -0.25) is 4.79 Å². The van der Waals surface area contributed by atoms with Gasteiger partial charge in [0.1, 0.15) is 5.82 Å². The van der Waals surface area contributed by atoms with Crippen LogP contribution in [0.25, 0.3) is 6.08 Å². The van der Waals surface area contributed by atoms with Crippen molar-refractivity contribution in [1.29, 1.82) is 0 Å². The Morgan fingerprint density at radius 3 is 2.53 bits per heavy atom. The van der Waals surface area contributed by atoms with Gasteiger partial charge >= 0.3 is 5.97 Å². The summed E-state index contributed by atoms with van der Waals surface area (Å²) in [7, 11) is 0. The fraction of sp³-hybridized carbons (Fsp3) is 0.250. The van der Waals surface area contributed by atoms with Gasteiger partial charge in [-0.1, -0.05) is 31.2 Å². The molecule has 80 valence electrons. The second kappa shape index (κ2) is 5.29. The number of halogens is 1. The van der Waals surface area contributed by atoms with E-state index in [1.165, 1.54) is 12.1 Å². The van der Waals surface area contributed by atoms with Gasteiger partial charge in [0.15, 0.2) is 0 Å². The number of rotatable bonds is 4. The van der Waals surface area contributed by atoms with Crippen LogP contribution in [0.3, 0.4) is 0 Å². The average molecular weight is 208 g/mol. The molecule has 0 amide bonds. The summed E-state index contributed by atoms with van der Waals surface area (Å²) < 4.78 is 12.6. The maximum Gasteiger partial charge on any atom is 0.310 e. The summed E-state index contributed by atoms with van der Waals surface area (Å²) in [6.07, 6.45) is 3.87. The molecule has 0 radical (unpaired) electrons. The van der Waals surface area contributed by atoms with E-state index < -0.39 is 11.9 Å². The molecule has 0 fully saturated rings. The second-order valence-electron chi connectivity index (χ2n) is 3.26. The van der Waals surface area contributed by atoms with Crippen molar-refractivity contribution in [2.45, 2.75) is 13.3 Å². The Kier molecular flexibility index (Phi) is 4.03. The molecular weight excluding hydrogens is 195 g/mol. The Labute approximate surface area is 88.1 Å². The highest BCUT2D eigenvalue weighted by molar-refractivity contribution is 5.73. The summed E-state index contributed by atoms with van der Waals surface area (Å²) in [6, 6.07) is 5.92. The van der Waals surface area contributed by atoms with Crippen LogP contribution in [0.1, 0.15) is 18.9 Å². The molecular formula is C12H13FO2. The number of benzene rings is 1. The highest BCUT2D eigenvalue weighted by Gasteiger charge is 2.09. The number of carboxylic acids is 1. The highest BCUT2D eigenvalue weighted by Crippen LogP contribution is 2.10. The quantitative estimate of drug-likeness (QED) is 0.825. The van der Waals surface area contributed by atoms with Gasteiger partial charge in [0.25, 0.3) is 0 Å². The van der Waals surface area contributed by atoms with E-state index in [1.54, 1.807) is 24.3 Å². The minimum atomic E-state index is -0.837. The molecule has 0 saturated carbocycles. The summed E-state index contributed by atoms with van der Waals surface area (Å²) in [5.41, 5.74) is 0.802. The van der Waals surface area contributed by atoms with Crippen molar-refractivity contribution in [1.82, 2.24) is 0 Å². The van der Waals surface area contributed by atoms with E-state index in [0.717, 1.165) is 5.56 Å². The second-order valence-corrected chi connectivity index (χ2v) is 3.26. The summed E-state index contributed by atoms with van der Waals surface area (Å²) in [4.78, 5) is 10.7. The molecule has 0 saturated heterocycles. The molecule has 0 bridgehead atoms. The van der Waals surface area contributed by atoms with Crippen molar-refractivity contribution in [2.24, 2.45) is 5.92 Å². The minimum absolute atomic E-state index is 0.294. The normalized spacial score (nSPS) is 12.9. The van der Waals surface area contributed by atoms with Gasteiger partial charge < -0.3 is 5.11 Å². The summed E-state index contributed by atoms with van der Waals surface area (Å²) in [5.74, 6) is -1.61. The van der Waals surface area contributed by atoms with Crippen LogP contribution >= 0.6 is 0 Å². The highest BCUT2D eigenvalue weighted by atomic mass is 19.1. The zero-order valence-corrected chi connectivity index (χ0v) is 8.48. The van der Waals surface area contributed by atoms with E-state index >= 15 is 0 Å². The Hall–Kier alpha value is -1.64. The van der Waals surface area contributed by atoms with Crippen LogP contribution in [0.2, 0.25) is 0 Å². The number of hydrogen-bond acceptors (Lipinski definition) is 1. The topological polar surface area (TPSA) is 37.3 Å². The molecule has 1 aromatic carbocycles. The number of hydrogen-bond donors (Lipinski definition) is 1. The van der Waals surface area contributed by atoms with Crippen molar-refractivity contribution < 1.29 is 14.3 Å². The maximum atomic E-state index is 12.6. The van der Waals surface area contributed by atoms with E-state index in [4.69, 9.17) is 5.11 Å².